The number of hydrogen-bond acceptors (Lipinski definition) is 7. The Morgan fingerprint density at radius 2 is 1.68 bits per heavy atom. The van der Waals surface area contributed by atoms with E-state index in [9.17, 15) is 18.5 Å². The van der Waals surface area contributed by atoms with E-state index in [4.69, 9.17) is 0 Å². The summed E-state index contributed by atoms with van der Waals surface area (Å²) >= 11 is 1.44. The fourth-order valence-corrected chi connectivity index (χ4v) is 6.23. The highest BCUT2D eigenvalue weighted by Crippen LogP contribution is 2.27. The average molecular weight is 546 g/mol. The number of nitro benzene ring substituents is 1. The first kappa shape index (κ1) is 25.6. The van der Waals surface area contributed by atoms with Crippen LogP contribution in [0.3, 0.4) is 0 Å². The van der Waals surface area contributed by atoms with E-state index in [-0.39, 0.29) is 17.1 Å². The van der Waals surface area contributed by atoms with Gasteiger partial charge in [-0.1, -0.05) is 78.0 Å². The van der Waals surface area contributed by atoms with Crippen molar-refractivity contribution in [2.45, 2.75) is 29.3 Å². The van der Waals surface area contributed by atoms with Gasteiger partial charge < -0.3 is 0 Å². The number of nitro groups is 1. The third-order valence-corrected chi connectivity index (χ3v) is 8.39. The van der Waals surface area contributed by atoms with Gasteiger partial charge >= 0.3 is 0 Å². The Balaban J connectivity index is 1.46. The fourth-order valence-electron chi connectivity index (χ4n) is 4.11. The van der Waals surface area contributed by atoms with Crippen LogP contribution in [-0.4, -0.2) is 28.1 Å². The first-order chi connectivity index (χ1) is 18.3. The Labute approximate surface area is 223 Å². The highest BCUT2D eigenvalue weighted by atomic mass is 32.2. The molecule has 1 N–H and O–H groups in total. The number of non-ortho nitro benzene ring substituents is 1. The summed E-state index contributed by atoms with van der Waals surface area (Å²) < 4.78 is 30.9. The fraction of sp³-hybridized carbons (Fsp3) is 0.111. The van der Waals surface area contributed by atoms with Crippen LogP contribution in [0.5, 0.6) is 0 Å². The molecule has 0 aliphatic carbocycles. The van der Waals surface area contributed by atoms with Crippen molar-refractivity contribution < 1.29 is 13.3 Å². The van der Waals surface area contributed by atoms with Crippen molar-refractivity contribution in [3.8, 4) is 5.69 Å². The van der Waals surface area contributed by atoms with Gasteiger partial charge in [0, 0.05) is 29.0 Å². The number of benzene rings is 4. The summed E-state index contributed by atoms with van der Waals surface area (Å²) in [6.07, 6.45) is 0. The molecule has 5 aromatic rings. The molecule has 0 saturated heterocycles. The van der Waals surface area contributed by atoms with Crippen LogP contribution in [0.25, 0.3) is 16.5 Å². The molecular formula is C27H23N5O4S2. The Morgan fingerprint density at radius 3 is 2.45 bits per heavy atom. The van der Waals surface area contributed by atoms with Crippen molar-refractivity contribution in [1.29, 1.82) is 0 Å². The average Bonchev–Trinajstić information content (AvgIpc) is 3.33. The number of nitrogens with one attached hydrogen (secondary N) is 1. The predicted octanol–water partition coefficient (Wildman–Crippen LogP) is 5.41. The van der Waals surface area contributed by atoms with E-state index in [2.05, 4.69) is 21.0 Å². The maximum absolute atomic E-state index is 13.3. The van der Waals surface area contributed by atoms with Crippen LogP contribution < -0.4 is 4.72 Å². The summed E-state index contributed by atoms with van der Waals surface area (Å²) in [6.45, 7) is 1.90. The Morgan fingerprint density at radius 1 is 0.947 bits per heavy atom. The molecule has 0 bridgehead atoms. The molecule has 0 fully saturated rings. The van der Waals surface area contributed by atoms with Gasteiger partial charge in [-0.2, -0.15) is 0 Å². The van der Waals surface area contributed by atoms with E-state index in [1.54, 1.807) is 41.0 Å². The lowest BCUT2D eigenvalue weighted by Crippen LogP contribution is -2.25. The van der Waals surface area contributed by atoms with Crippen LogP contribution in [0, 0.1) is 17.0 Å². The van der Waals surface area contributed by atoms with Gasteiger partial charge in [0.25, 0.3) is 5.69 Å². The summed E-state index contributed by atoms with van der Waals surface area (Å²) in [4.78, 5) is 10.9. The molecule has 0 spiro atoms. The van der Waals surface area contributed by atoms with E-state index >= 15 is 0 Å². The zero-order chi connectivity index (χ0) is 26.7. The normalized spacial score (nSPS) is 11.6. The summed E-state index contributed by atoms with van der Waals surface area (Å²) in [5.74, 6) is 0.976. The zero-order valence-corrected chi connectivity index (χ0v) is 21.9. The molecule has 9 nitrogen and oxygen atoms in total. The van der Waals surface area contributed by atoms with Crippen LogP contribution >= 0.6 is 11.8 Å². The van der Waals surface area contributed by atoms with Crippen LogP contribution in [0.2, 0.25) is 0 Å². The standard InChI is InChI=1S/C27H23N5O4S2/c1-19-6-4-7-20(16-19)18-37-27-30-29-26(31(27)22-12-14-23(15-13-22)32(33)34)17-28-38(35,36)25-11-5-9-21-8-2-3-10-24(21)25/h2-16,28H,17-18H2,1H3. The van der Waals surface area contributed by atoms with Gasteiger partial charge in [-0.15, -0.1) is 10.2 Å². The van der Waals surface area contributed by atoms with Gasteiger partial charge in [0.05, 0.1) is 16.4 Å². The molecule has 1 heterocycles. The number of aromatic nitrogens is 3. The van der Waals surface area contributed by atoms with Crippen LogP contribution in [0.1, 0.15) is 17.0 Å². The van der Waals surface area contributed by atoms with E-state index < -0.39 is 14.9 Å². The lowest BCUT2D eigenvalue weighted by Gasteiger charge is -2.12. The minimum atomic E-state index is -3.88. The topological polar surface area (TPSA) is 120 Å². The zero-order valence-electron chi connectivity index (χ0n) is 20.3. The summed E-state index contributed by atoms with van der Waals surface area (Å²) in [7, 11) is -3.88. The van der Waals surface area contributed by atoms with Gasteiger partial charge in [-0.3, -0.25) is 14.7 Å². The van der Waals surface area contributed by atoms with Gasteiger partial charge in [-0.05, 0) is 36.1 Å². The smallest absolute Gasteiger partial charge is 0.269 e. The van der Waals surface area contributed by atoms with Gasteiger partial charge in [-0.25, -0.2) is 13.1 Å². The molecule has 0 radical (unpaired) electrons. The monoisotopic (exact) mass is 545 g/mol. The Kier molecular flexibility index (Phi) is 7.23. The number of rotatable bonds is 9. The lowest BCUT2D eigenvalue weighted by atomic mass is 10.1. The first-order valence-electron chi connectivity index (χ1n) is 11.7. The van der Waals surface area contributed by atoms with E-state index in [0.29, 0.717) is 27.8 Å². The second-order valence-corrected chi connectivity index (χ2v) is 11.3. The molecule has 38 heavy (non-hydrogen) atoms. The van der Waals surface area contributed by atoms with Gasteiger partial charge in [0.15, 0.2) is 11.0 Å². The third-order valence-electron chi connectivity index (χ3n) is 5.93. The molecule has 0 amide bonds. The van der Waals surface area contributed by atoms with Gasteiger partial charge in [0.2, 0.25) is 10.0 Å². The molecule has 1 aromatic heterocycles. The number of thioether (sulfide) groups is 1. The number of hydrogen-bond donors (Lipinski definition) is 1. The molecule has 192 valence electrons. The van der Waals surface area contributed by atoms with Crippen molar-refractivity contribution in [3.05, 3.63) is 118 Å². The van der Waals surface area contributed by atoms with E-state index in [0.717, 1.165) is 16.5 Å². The largest absolute Gasteiger partial charge is 0.273 e. The maximum atomic E-state index is 13.3. The molecule has 0 unspecified atom stereocenters. The summed E-state index contributed by atoms with van der Waals surface area (Å²) in [6, 6.07) is 26.5. The van der Waals surface area contributed by atoms with E-state index in [1.165, 1.54) is 23.9 Å². The van der Waals surface area contributed by atoms with Crippen molar-refractivity contribution in [3.63, 3.8) is 0 Å². The Hall–Kier alpha value is -4.06. The van der Waals surface area contributed by atoms with Gasteiger partial charge in [0.1, 0.15) is 0 Å². The van der Waals surface area contributed by atoms with Crippen molar-refractivity contribution in [2.75, 3.05) is 0 Å². The second kappa shape index (κ2) is 10.7. The predicted molar refractivity (Wildman–Crippen MR) is 147 cm³/mol. The molecule has 11 heteroatoms. The molecule has 0 aliphatic heterocycles. The van der Waals surface area contributed by atoms with Crippen LogP contribution in [-0.2, 0) is 22.3 Å². The van der Waals surface area contributed by atoms with Crippen LogP contribution in [0.4, 0.5) is 5.69 Å². The van der Waals surface area contributed by atoms with Crippen molar-refractivity contribution in [1.82, 2.24) is 19.5 Å². The molecule has 0 saturated carbocycles. The molecule has 0 atom stereocenters. The SMILES string of the molecule is Cc1cccc(CSc2nnc(CNS(=O)(=O)c3cccc4ccccc34)n2-c2ccc([N+](=O)[O-])cc2)c1. The number of sulfonamides is 1. The maximum Gasteiger partial charge on any atom is 0.269 e. The highest BCUT2D eigenvalue weighted by molar-refractivity contribution is 7.98. The molecule has 0 aliphatic rings. The number of nitrogens with zero attached hydrogens (tertiary/aromatic N) is 4. The molecule has 5 rings (SSSR count). The highest BCUT2D eigenvalue weighted by Gasteiger charge is 2.21. The quantitative estimate of drug-likeness (QED) is 0.149. The first-order valence-corrected chi connectivity index (χ1v) is 14.1. The third kappa shape index (κ3) is 5.44. The number of aryl methyl sites for hydroxylation is 1. The minimum absolute atomic E-state index is 0.0472. The van der Waals surface area contributed by atoms with Crippen molar-refractivity contribution >= 4 is 38.2 Å². The Bertz CT molecular complexity index is 1730. The second-order valence-electron chi connectivity index (χ2n) is 8.59. The minimum Gasteiger partial charge on any atom is -0.273 e. The van der Waals surface area contributed by atoms with Crippen molar-refractivity contribution in [2.24, 2.45) is 0 Å². The lowest BCUT2D eigenvalue weighted by molar-refractivity contribution is -0.384. The van der Waals surface area contributed by atoms with Crippen LogP contribution in [0.15, 0.2) is 101 Å². The van der Waals surface area contributed by atoms with E-state index in [1.807, 2.05) is 43.3 Å². The summed E-state index contributed by atoms with van der Waals surface area (Å²) in [5, 5.41) is 21.7. The molecule has 4 aromatic carbocycles. The number of fused-ring (bicyclic) bond motifs is 1. The summed E-state index contributed by atoms with van der Waals surface area (Å²) in [5.41, 5.74) is 2.79. The molecular weight excluding hydrogens is 522 g/mol.